The van der Waals surface area contributed by atoms with Gasteiger partial charge in [-0.1, -0.05) is 11.6 Å². The van der Waals surface area contributed by atoms with Crippen LogP contribution < -0.4 is 4.90 Å². The van der Waals surface area contributed by atoms with Gasteiger partial charge in [0, 0.05) is 45.3 Å². The quantitative estimate of drug-likeness (QED) is 0.849. The molecule has 7 heteroatoms. The Morgan fingerprint density at radius 2 is 2.04 bits per heavy atom. The van der Waals surface area contributed by atoms with Crippen LogP contribution in [0.2, 0.25) is 5.02 Å². The average molecular weight is 347 g/mol. The third-order valence-corrected chi connectivity index (χ3v) is 4.18. The number of ether oxygens (including phenoxy) is 1. The Balaban J connectivity index is 1.73. The van der Waals surface area contributed by atoms with Crippen molar-refractivity contribution in [3.63, 3.8) is 0 Å². The average Bonchev–Trinajstić information content (AvgIpc) is 2.62. The zero-order chi connectivity index (χ0) is 16.9. The zero-order valence-electron chi connectivity index (χ0n) is 13.5. The van der Waals surface area contributed by atoms with Crippen LogP contribution in [0.25, 0.3) is 0 Å². The maximum absolute atomic E-state index is 12.5. The normalized spacial score (nSPS) is 14.5. The number of morpholine rings is 1. The summed E-state index contributed by atoms with van der Waals surface area (Å²) in [6.07, 6.45) is 5.09. The van der Waals surface area contributed by atoms with Gasteiger partial charge in [-0.15, -0.1) is 0 Å². The van der Waals surface area contributed by atoms with Crippen LogP contribution in [0.3, 0.4) is 0 Å². The number of halogens is 1. The lowest BCUT2D eigenvalue weighted by Gasteiger charge is -2.27. The van der Waals surface area contributed by atoms with E-state index in [1.807, 2.05) is 24.1 Å². The second kappa shape index (κ2) is 7.59. The van der Waals surface area contributed by atoms with Gasteiger partial charge in [-0.3, -0.25) is 9.78 Å². The van der Waals surface area contributed by atoms with Crippen LogP contribution in [0.4, 0.5) is 5.82 Å². The van der Waals surface area contributed by atoms with E-state index in [4.69, 9.17) is 16.3 Å². The lowest BCUT2D eigenvalue weighted by molar-refractivity contribution is 0.0302. The van der Waals surface area contributed by atoms with Crippen LogP contribution in [0, 0.1) is 0 Å². The van der Waals surface area contributed by atoms with Crippen LogP contribution in [-0.4, -0.2) is 54.1 Å². The van der Waals surface area contributed by atoms with Gasteiger partial charge in [0.05, 0.1) is 23.8 Å². The maximum atomic E-state index is 12.5. The number of hydrogen-bond donors (Lipinski definition) is 0. The Labute approximate surface area is 146 Å². The first-order valence-electron chi connectivity index (χ1n) is 7.78. The molecular weight excluding hydrogens is 328 g/mol. The van der Waals surface area contributed by atoms with Gasteiger partial charge >= 0.3 is 0 Å². The van der Waals surface area contributed by atoms with Gasteiger partial charge in [-0.05, 0) is 23.8 Å². The monoisotopic (exact) mass is 346 g/mol. The fourth-order valence-corrected chi connectivity index (χ4v) is 2.93. The van der Waals surface area contributed by atoms with Crippen LogP contribution in [0.1, 0.15) is 15.9 Å². The standard InChI is InChI=1S/C17H19ClN4O2/c1-21(12-13-2-4-19-5-3-13)16-15(18)10-14(11-20-16)17(23)22-6-8-24-9-7-22/h2-5,10-11H,6-9,12H2,1H3. The molecule has 1 aliphatic rings. The van der Waals surface area contributed by atoms with Crippen LogP contribution in [0.5, 0.6) is 0 Å². The minimum absolute atomic E-state index is 0.0592. The molecule has 0 atom stereocenters. The minimum atomic E-state index is -0.0592. The van der Waals surface area contributed by atoms with E-state index in [9.17, 15) is 4.79 Å². The lowest BCUT2D eigenvalue weighted by Crippen LogP contribution is -2.40. The molecule has 1 aliphatic heterocycles. The molecule has 2 aromatic heterocycles. The summed E-state index contributed by atoms with van der Waals surface area (Å²) in [5, 5.41) is 0.464. The molecule has 126 valence electrons. The molecule has 0 aromatic carbocycles. The second-order valence-electron chi connectivity index (χ2n) is 5.65. The molecule has 3 heterocycles. The van der Waals surface area contributed by atoms with Crippen molar-refractivity contribution in [3.05, 3.63) is 52.9 Å². The number of carbonyl (C=O) groups excluding carboxylic acids is 1. The van der Waals surface area contributed by atoms with Gasteiger partial charge in [0.25, 0.3) is 5.91 Å². The number of hydrogen-bond acceptors (Lipinski definition) is 5. The fraction of sp³-hybridized carbons (Fsp3) is 0.353. The summed E-state index contributed by atoms with van der Waals surface area (Å²) < 4.78 is 5.27. The van der Waals surface area contributed by atoms with E-state index in [0.717, 1.165) is 5.56 Å². The van der Waals surface area contributed by atoms with Crippen LogP contribution >= 0.6 is 11.6 Å². The summed E-state index contributed by atoms with van der Waals surface area (Å²) >= 11 is 6.36. The second-order valence-corrected chi connectivity index (χ2v) is 6.05. The van der Waals surface area contributed by atoms with Gasteiger partial charge in [0.2, 0.25) is 0 Å². The molecular formula is C17H19ClN4O2. The van der Waals surface area contributed by atoms with Crippen molar-refractivity contribution in [3.8, 4) is 0 Å². The molecule has 2 aromatic rings. The van der Waals surface area contributed by atoms with Gasteiger partial charge in [-0.2, -0.15) is 0 Å². The molecule has 0 unspecified atom stereocenters. The Morgan fingerprint density at radius 1 is 1.33 bits per heavy atom. The zero-order valence-corrected chi connectivity index (χ0v) is 14.2. The molecule has 0 saturated carbocycles. The van der Waals surface area contributed by atoms with E-state index in [2.05, 4.69) is 9.97 Å². The van der Waals surface area contributed by atoms with Crippen molar-refractivity contribution in [1.82, 2.24) is 14.9 Å². The maximum Gasteiger partial charge on any atom is 0.255 e. The first kappa shape index (κ1) is 16.7. The third kappa shape index (κ3) is 3.83. The van der Waals surface area contributed by atoms with Crippen molar-refractivity contribution in [2.45, 2.75) is 6.54 Å². The first-order chi connectivity index (χ1) is 11.6. The molecule has 6 nitrogen and oxygen atoms in total. The van der Waals surface area contributed by atoms with Crippen molar-refractivity contribution >= 4 is 23.3 Å². The van der Waals surface area contributed by atoms with E-state index < -0.39 is 0 Å². The number of anilines is 1. The first-order valence-corrected chi connectivity index (χ1v) is 8.15. The lowest BCUT2D eigenvalue weighted by atomic mass is 10.2. The predicted octanol–water partition coefficient (Wildman–Crippen LogP) is 2.24. The molecule has 0 spiro atoms. The summed E-state index contributed by atoms with van der Waals surface area (Å²) in [6, 6.07) is 5.58. The number of rotatable bonds is 4. The molecule has 0 bridgehead atoms. The third-order valence-electron chi connectivity index (χ3n) is 3.90. The van der Waals surface area contributed by atoms with Gasteiger partial charge in [0.15, 0.2) is 0 Å². The summed E-state index contributed by atoms with van der Waals surface area (Å²) in [6.45, 7) is 2.99. The molecule has 24 heavy (non-hydrogen) atoms. The Morgan fingerprint density at radius 3 is 2.71 bits per heavy atom. The van der Waals surface area contributed by atoms with Crippen molar-refractivity contribution in [2.75, 3.05) is 38.3 Å². The number of pyridine rings is 2. The highest BCUT2D eigenvalue weighted by Gasteiger charge is 2.20. The molecule has 1 saturated heterocycles. The molecule has 0 aliphatic carbocycles. The van der Waals surface area contributed by atoms with Crippen molar-refractivity contribution < 1.29 is 9.53 Å². The van der Waals surface area contributed by atoms with E-state index >= 15 is 0 Å². The minimum Gasteiger partial charge on any atom is -0.378 e. The number of nitrogens with zero attached hydrogens (tertiary/aromatic N) is 4. The Kier molecular flexibility index (Phi) is 5.27. The van der Waals surface area contributed by atoms with Crippen molar-refractivity contribution in [1.29, 1.82) is 0 Å². The number of aromatic nitrogens is 2. The summed E-state index contributed by atoms with van der Waals surface area (Å²) in [5.41, 5.74) is 1.61. The summed E-state index contributed by atoms with van der Waals surface area (Å²) in [5.74, 6) is 0.586. The molecule has 3 rings (SSSR count). The highest BCUT2D eigenvalue weighted by Crippen LogP contribution is 2.25. The van der Waals surface area contributed by atoms with Crippen molar-refractivity contribution in [2.24, 2.45) is 0 Å². The predicted molar refractivity (Wildman–Crippen MR) is 92.3 cm³/mol. The SMILES string of the molecule is CN(Cc1ccncc1)c1ncc(C(=O)N2CCOCC2)cc1Cl. The molecule has 0 N–H and O–H groups in total. The van der Waals surface area contributed by atoms with E-state index in [1.165, 1.54) is 0 Å². The largest absolute Gasteiger partial charge is 0.378 e. The highest BCUT2D eigenvalue weighted by atomic mass is 35.5. The Bertz CT molecular complexity index is 705. The van der Waals surface area contributed by atoms with E-state index in [0.29, 0.717) is 49.3 Å². The molecule has 1 amide bonds. The molecule has 0 radical (unpaired) electrons. The molecule has 1 fully saturated rings. The number of carbonyl (C=O) groups is 1. The summed E-state index contributed by atoms with van der Waals surface area (Å²) in [7, 11) is 1.91. The van der Waals surface area contributed by atoms with Gasteiger partial charge in [0.1, 0.15) is 5.82 Å². The fourth-order valence-electron chi connectivity index (χ4n) is 2.61. The van der Waals surface area contributed by atoms with Crippen LogP contribution in [0.15, 0.2) is 36.8 Å². The van der Waals surface area contributed by atoms with Gasteiger partial charge < -0.3 is 14.5 Å². The Hall–Kier alpha value is -2.18. The summed E-state index contributed by atoms with van der Waals surface area (Å²) in [4.78, 5) is 24.6. The highest BCUT2D eigenvalue weighted by molar-refractivity contribution is 6.33. The van der Waals surface area contributed by atoms with E-state index in [-0.39, 0.29) is 5.91 Å². The van der Waals surface area contributed by atoms with Gasteiger partial charge in [-0.25, -0.2) is 4.98 Å². The van der Waals surface area contributed by atoms with E-state index in [1.54, 1.807) is 29.6 Å². The number of amides is 1. The topological polar surface area (TPSA) is 58.6 Å². The smallest absolute Gasteiger partial charge is 0.255 e. The van der Waals surface area contributed by atoms with Crippen LogP contribution in [-0.2, 0) is 11.3 Å².